The molecule has 4 aromatic rings. The van der Waals surface area contributed by atoms with Gasteiger partial charge in [-0.3, -0.25) is 0 Å². The van der Waals surface area contributed by atoms with Crippen LogP contribution >= 0.6 is 11.6 Å². The Bertz CT molecular complexity index is 1130. The maximum atomic E-state index is 12.0. The fourth-order valence-electron chi connectivity index (χ4n) is 3.42. The number of para-hydroxylation sites is 1. The normalized spacial score (nSPS) is 16.5. The molecule has 1 amide bonds. The third kappa shape index (κ3) is 2.18. The number of nitrogens with one attached hydrogen (secondary N) is 1. The summed E-state index contributed by atoms with van der Waals surface area (Å²) in [5, 5.41) is 5.50. The molecule has 5 heteroatoms. The Labute approximate surface area is 147 Å². The van der Waals surface area contributed by atoms with E-state index in [2.05, 4.69) is 5.32 Å². The average Bonchev–Trinajstić information content (AvgIpc) is 3.00. The third-order valence-electron chi connectivity index (χ3n) is 4.50. The fraction of sp³-hybridized carbons (Fsp3) is 0.0500. The molecule has 1 aliphatic heterocycles. The van der Waals surface area contributed by atoms with Gasteiger partial charge in [0.05, 0.1) is 6.04 Å². The molecule has 1 unspecified atom stereocenters. The molecule has 1 aliphatic rings. The molecule has 0 spiro atoms. The quantitative estimate of drug-likeness (QED) is 0.498. The zero-order chi connectivity index (χ0) is 17.0. The van der Waals surface area contributed by atoms with Gasteiger partial charge in [0.15, 0.2) is 0 Å². The van der Waals surface area contributed by atoms with Gasteiger partial charge in [-0.05, 0) is 35.9 Å². The SMILES string of the molecule is O=C1NC(c2ccc(Cl)cc2)c2c(ccc3oc4ccccc4c23)O1. The molecule has 0 radical (unpaired) electrons. The van der Waals surface area contributed by atoms with Gasteiger partial charge in [-0.2, -0.15) is 0 Å². The standard InChI is InChI=1S/C20H12ClNO3/c21-12-7-5-11(6-8-12)19-18-16(25-20(23)22-19)10-9-15-17(18)13-3-1-2-4-14(13)24-15/h1-10,19H,(H,22,23). The van der Waals surface area contributed by atoms with Gasteiger partial charge in [-0.25, -0.2) is 4.79 Å². The van der Waals surface area contributed by atoms with E-state index >= 15 is 0 Å². The summed E-state index contributed by atoms with van der Waals surface area (Å²) in [5.74, 6) is 0.544. The number of furan rings is 1. The second kappa shape index (κ2) is 5.26. The number of rotatable bonds is 1. The summed E-state index contributed by atoms with van der Waals surface area (Å²) in [4.78, 5) is 12.0. The highest BCUT2D eigenvalue weighted by Gasteiger charge is 2.31. The van der Waals surface area contributed by atoms with Crippen molar-refractivity contribution < 1.29 is 13.9 Å². The first kappa shape index (κ1) is 14.4. The number of fused-ring (bicyclic) bond motifs is 5. The first-order chi connectivity index (χ1) is 12.2. The van der Waals surface area contributed by atoms with Gasteiger partial charge in [-0.1, -0.05) is 41.9 Å². The Balaban J connectivity index is 1.85. The van der Waals surface area contributed by atoms with E-state index in [0.29, 0.717) is 10.8 Å². The lowest BCUT2D eigenvalue weighted by molar-refractivity contribution is 0.191. The topological polar surface area (TPSA) is 51.5 Å². The predicted molar refractivity (Wildman–Crippen MR) is 96.2 cm³/mol. The largest absolute Gasteiger partial charge is 0.456 e. The lowest BCUT2D eigenvalue weighted by atomic mass is 9.93. The zero-order valence-electron chi connectivity index (χ0n) is 13.0. The van der Waals surface area contributed by atoms with Crippen LogP contribution in [0.15, 0.2) is 65.1 Å². The van der Waals surface area contributed by atoms with Crippen molar-refractivity contribution in [2.75, 3.05) is 0 Å². The maximum Gasteiger partial charge on any atom is 0.413 e. The minimum absolute atomic E-state index is 0.335. The Morgan fingerprint density at radius 1 is 0.920 bits per heavy atom. The summed E-state index contributed by atoms with van der Waals surface area (Å²) in [7, 11) is 0. The molecule has 4 nitrogen and oxygen atoms in total. The van der Waals surface area contributed by atoms with Crippen LogP contribution in [0.25, 0.3) is 21.9 Å². The average molecular weight is 350 g/mol. The number of carbonyl (C=O) groups is 1. The van der Waals surface area contributed by atoms with E-state index in [1.165, 1.54) is 0 Å². The van der Waals surface area contributed by atoms with Gasteiger partial charge < -0.3 is 14.5 Å². The smallest absolute Gasteiger partial charge is 0.413 e. The van der Waals surface area contributed by atoms with Gasteiger partial charge in [-0.15, -0.1) is 0 Å². The molecule has 2 heterocycles. The molecule has 0 aliphatic carbocycles. The van der Waals surface area contributed by atoms with Crippen molar-refractivity contribution >= 4 is 39.6 Å². The summed E-state index contributed by atoms with van der Waals surface area (Å²) in [6.45, 7) is 0. The monoisotopic (exact) mass is 349 g/mol. The Hall–Kier alpha value is -2.98. The van der Waals surface area contributed by atoms with Crippen LogP contribution in [0.5, 0.6) is 5.75 Å². The van der Waals surface area contributed by atoms with Gasteiger partial charge in [0.1, 0.15) is 16.9 Å². The van der Waals surface area contributed by atoms with Crippen molar-refractivity contribution in [3.05, 3.63) is 76.8 Å². The minimum Gasteiger partial charge on any atom is -0.456 e. The molecule has 0 bridgehead atoms. The third-order valence-corrected chi connectivity index (χ3v) is 4.75. The van der Waals surface area contributed by atoms with E-state index in [-0.39, 0.29) is 6.04 Å². The van der Waals surface area contributed by atoms with E-state index in [4.69, 9.17) is 20.8 Å². The van der Waals surface area contributed by atoms with Crippen LogP contribution in [0.2, 0.25) is 5.02 Å². The molecule has 25 heavy (non-hydrogen) atoms. The van der Waals surface area contributed by atoms with Crippen molar-refractivity contribution in [2.45, 2.75) is 6.04 Å². The van der Waals surface area contributed by atoms with E-state index in [1.807, 2.05) is 54.6 Å². The molecule has 1 atom stereocenters. The van der Waals surface area contributed by atoms with E-state index < -0.39 is 6.09 Å². The van der Waals surface area contributed by atoms with E-state index in [0.717, 1.165) is 33.1 Å². The van der Waals surface area contributed by atoms with Gasteiger partial charge in [0.25, 0.3) is 0 Å². The van der Waals surface area contributed by atoms with E-state index in [9.17, 15) is 4.79 Å². The molecular formula is C20H12ClNO3. The summed E-state index contributed by atoms with van der Waals surface area (Å²) in [6.07, 6.45) is -0.473. The molecule has 5 rings (SSSR count). The number of benzene rings is 3. The molecule has 0 fully saturated rings. The number of carbonyl (C=O) groups excluding carboxylic acids is 1. The Kier molecular flexibility index (Phi) is 3.02. The lowest BCUT2D eigenvalue weighted by Crippen LogP contribution is -2.36. The highest BCUT2D eigenvalue weighted by molar-refractivity contribution is 6.30. The Morgan fingerprint density at radius 2 is 1.72 bits per heavy atom. The molecule has 0 saturated heterocycles. The second-order valence-corrected chi connectivity index (χ2v) is 6.40. The molecule has 3 aromatic carbocycles. The van der Waals surface area contributed by atoms with Crippen LogP contribution < -0.4 is 10.1 Å². The van der Waals surface area contributed by atoms with Crippen molar-refractivity contribution in [2.24, 2.45) is 0 Å². The first-order valence-electron chi connectivity index (χ1n) is 7.89. The van der Waals surface area contributed by atoms with E-state index in [1.54, 1.807) is 6.07 Å². The van der Waals surface area contributed by atoms with Crippen molar-refractivity contribution in [3.8, 4) is 5.75 Å². The number of ether oxygens (including phenoxy) is 1. The number of hydrogen-bond donors (Lipinski definition) is 1. The summed E-state index contributed by atoms with van der Waals surface area (Å²) in [5.41, 5.74) is 3.39. The molecular weight excluding hydrogens is 338 g/mol. The van der Waals surface area contributed by atoms with Crippen LogP contribution in [0.4, 0.5) is 4.79 Å². The fourth-order valence-corrected chi connectivity index (χ4v) is 3.55. The summed E-state index contributed by atoms with van der Waals surface area (Å²) in [6, 6.07) is 18.6. The second-order valence-electron chi connectivity index (χ2n) is 5.97. The van der Waals surface area contributed by atoms with Gasteiger partial charge in [0, 0.05) is 21.4 Å². The van der Waals surface area contributed by atoms with Crippen molar-refractivity contribution in [1.29, 1.82) is 0 Å². The number of hydrogen-bond acceptors (Lipinski definition) is 3. The van der Waals surface area contributed by atoms with Crippen molar-refractivity contribution in [1.82, 2.24) is 5.32 Å². The van der Waals surface area contributed by atoms with Gasteiger partial charge in [0.2, 0.25) is 0 Å². The maximum absolute atomic E-state index is 12.0. The van der Waals surface area contributed by atoms with Gasteiger partial charge >= 0.3 is 6.09 Å². The van der Waals surface area contributed by atoms with Crippen molar-refractivity contribution in [3.63, 3.8) is 0 Å². The molecule has 1 N–H and O–H groups in total. The zero-order valence-corrected chi connectivity index (χ0v) is 13.7. The molecule has 122 valence electrons. The summed E-state index contributed by atoms with van der Waals surface area (Å²) >= 11 is 6.01. The van der Waals surface area contributed by atoms with Crippen LogP contribution in [0.1, 0.15) is 17.2 Å². The van der Waals surface area contributed by atoms with Crippen LogP contribution in [0.3, 0.4) is 0 Å². The molecule has 1 aromatic heterocycles. The van der Waals surface area contributed by atoms with Crippen LogP contribution in [0, 0.1) is 0 Å². The first-order valence-corrected chi connectivity index (χ1v) is 8.26. The number of amides is 1. The minimum atomic E-state index is -0.473. The molecule has 0 saturated carbocycles. The predicted octanol–water partition coefficient (Wildman–Crippen LogP) is 5.43. The summed E-state index contributed by atoms with van der Waals surface area (Å²) < 4.78 is 11.4. The Morgan fingerprint density at radius 3 is 2.56 bits per heavy atom. The highest BCUT2D eigenvalue weighted by atomic mass is 35.5. The highest BCUT2D eigenvalue weighted by Crippen LogP contribution is 2.43. The number of halogens is 1. The van der Waals surface area contributed by atoms with Crippen LogP contribution in [-0.4, -0.2) is 6.09 Å². The lowest BCUT2D eigenvalue weighted by Gasteiger charge is -2.27. The van der Waals surface area contributed by atoms with Crippen LogP contribution in [-0.2, 0) is 0 Å².